The Kier molecular flexibility index (Phi) is 2.51. The Hall–Kier alpha value is -0.830. The summed E-state index contributed by atoms with van der Waals surface area (Å²) in [4.78, 5) is 16.9. The lowest BCUT2D eigenvalue weighted by Gasteiger charge is -2.54. The second kappa shape index (κ2) is 4.09. The molecule has 3 heteroatoms. The Morgan fingerprint density at radius 3 is 3.11 bits per heavy atom. The van der Waals surface area contributed by atoms with E-state index in [-0.39, 0.29) is 0 Å². The van der Waals surface area contributed by atoms with Crippen LogP contribution in [0.25, 0.3) is 0 Å². The van der Waals surface area contributed by atoms with Crippen molar-refractivity contribution in [2.75, 3.05) is 19.6 Å². The molecule has 4 heterocycles. The van der Waals surface area contributed by atoms with Gasteiger partial charge in [-0.2, -0.15) is 0 Å². The smallest absolute Gasteiger partial charge is 0.227 e. The van der Waals surface area contributed by atoms with Gasteiger partial charge in [0, 0.05) is 37.2 Å². The molecule has 0 saturated carbocycles. The van der Waals surface area contributed by atoms with Crippen molar-refractivity contribution >= 4 is 5.91 Å². The summed E-state index contributed by atoms with van der Waals surface area (Å²) >= 11 is 0. The van der Waals surface area contributed by atoms with Gasteiger partial charge in [-0.25, -0.2) is 0 Å². The molecule has 4 aliphatic rings. The van der Waals surface area contributed by atoms with Crippen molar-refractivity contribution in [3.8, 4) is 0 Å². The number of carbonyl (C=O) groups is 1. The SMILES string of the molecule is O=C1CCC=C2[C@H]3C[C@@H](CN12)[C@H]1CCCCN1C3. The van der Waals surface area contributed by atoms with Crippen LogP contribution in [0.3, 0.4) is 0 Å². The van der Waals surface area contributed by atoms with Gasteiger partial charge in [-0.1, -0.05) is 12.5 Å². The fourth-order valence-corrected chi connectivity index (χ4v) is 4.63. The van der Waals surface area contributed by atoms with Gasteiger partial charge >= 0.3 is 0 Å². The number of hydrogen-bond acceptors (Lipinski definition) is 2. The van der Waals surface area contributed by atoms with Crippen LogP contribution in [0.4, 0.5) is 0 Å². The van der Waals surface area contributed by atoms with Gasteiger partial charge in [0.05, 0.1) is 0 Å². The van der Waals surface area contributed by atoms with Crippen LogP contribution in [0, 0.1) is 11.8 Å². The normalized spacial score (nSPS) is 40.0. The van der Waals surface area contributed by atoms with E-state index in [0.29, 0.717) is 11.8 Å². The summed E-state index contributed by atoms with van der Waals surface area (Å²) in [5.41, 5.74) is 1.37. The average molecular weight is 246 g/mol. The molecule has 0 unspecified atom stereocenters. The van der Waals surface area contributed by atoms with Crippen molar-refractivity contribution in [1.29, 1.82) is 0 Å². The molecule has 18 heavy (non-hydrogen) atoms. The summed E-state index contributed by atoms with van der Waals surface area (Å²) in [5, 5.41) is 0. The minimum atomic E-state index is 0.381. The summed E-state index contributed by atoms with van der Waals surface area (Å²) in [6.07, 6.45) is 9.49. The van der Waals surface area contributed by atoms with Crippen LogP contribution < -0.4 is 0 Å². The molecule has 0 radical (unpaired) electrons. The lowest BCUT2D eigenvalue weighted by Crippen LogP contribution is -2.59. The first kappa shape index (κ1) is 11.0. The molecule has 3 atom stereocenters. The number of hydrogen-bond donors (Lipinski definition) is 0. The van der Waals surface area contributed by atoms with Crippen LogP contribution in [-0.4, -0.2) is 41.4 Å². The Morgan fingerprint density at radius 2 is 2.17 bits per heavy atom. The zero-order valence-corrected chi connectivity index (χ0v) is 11.0. The summed E-state index contributed by atoms with van der Waals surface area (Å²) in [6, 6.07) is 0.770. The quantitative estimate of drug-likeness (QED) is 0.652. The van der Waals surface area contributed by atoms with Crippen LogP contribution in [-0.2, 0) is 4.79 Å². The number of nitrogens with zero attached hydrogens (tertiary/aromatic N) is 2. The fourth-order valence-electron chi connectivity index (χ4n) is 4.63. The highest BCUT2D eigenvalue weighted by molar-refractivity contribution is 5.79. The monoisotopic (exact) mass is 246 g/mol. The third kappa shape index (κ3) is 1.56. The predicted octanol–water partition coefficient (Wildman–Crippen LogP) is 2.00. The number of rotatable bonds is 0. The van der Waals surface area contributed by atoms with Crippen LogP contribution in [0.15, 0.2) is 11.8 Å². The van der Waals surface area contributed by atoms with Crippen molar-refractivity contribution in [2.45, 2.75) is 44.6 Å². The summed E-state index contributed by atoms with van der Waals surface area (Å²) in [5.74, 6) is 1.76. The van der Waals surface area contributed by atoms with E-state index in [9.17, 15) is 4.79 Å². The predicted molar refractivity (Wildman–Crippen MR) is 69.8 cm³/mol. The summed E-state index contributed by atoms with van der Waals surface area (Å²) in [6.45, 7) is 3.50. The van der Waals surface area contributed by atoms with Crippen LogP contribution in [0.1, 0.15) is 38.5 Å². The second-order valence-corrected chi connectivity index (χ2v) is 6.42. The van der Waals surface area contributed by atoms with Gasteiger partial charge in [0.25, 0.3) is 0 Å². The first-order valence-corrected chi connectivity index (χ1v) is 7.57. The Labute approximate surface area is 109 Å². The van der Waals surface area contributed by atoms with E-state index in [1.807, 2.05) is 0 Å². The molecule has 0 aromatic heterocycles. The zero-order valence-electron chi connectivity index (χ0n) is 11.0. The van der Waals surface area contributed by atoms with Crippen molar-refractivity contribution in [1.82, 2.24) is 9.80 Å². The molecule has 3 nitrogen and oxygen atoms in total. The topological polar surface area (TPSA) is 23.6 Å². The standard InChI is InChI=1S/C15H22N2O/c18-15-6-3-5-14-11-8-12(10-17(14)15)13-4-1-2-7-16(13)9-11/h5,11-13H,1-4,6-10H2/t11-,12-,13+/m0/s1. The molecule has 1 amide bonds. The molecule has 98 valence electrons. The molecule has 3 saturated heterocycles. The lowest BCUT2D eigenvalue weighted by molar-refractivity contribution is -0.134. The number of piperidine rings is 3. The maximum atomic E-state index is 12.1. The minimum Gasteiger partial charge on any atom is -0.316 e. The molecule has 2 bridgehead atoms. The molecule has 4 aliphatic heterocycles. The van der Waals surface area contributed by atoms with Gasteiger partial charge in [-0.05, 0) is 38.1 Å². The van der Waals surface area contributed by atoms with Crippen molar-refractivity contribution < 1.29 is 4.79 Å². The van der Waals surface area contributed by atoms with Crippen LogP contribution in [0.5, 0.6) is 0 Å². The van der Waals surface area contributed by atoms with Gasteiger partial charge in [0.1, 0.15) is 0 Å². The molecule has 4 rings (SSSR count). The molecule has 0 N–H and O–H groups in total. The van der Waals surface area contributed by atoms with Gasteiger partial charge in [-0.15, -0.1) is 0 Å². The highest BCUT2D eigenvalue weighted by Crippen LogP contribution is 2.43. The van der Waals surface area contributed by atoms with Crippen molar-refractivity contribution in [2.24, 2.45) is 11.8 Å². The second-order valence-electron chi connectivity index (χ2n) is 6.42. The van der Waals surface area contributed by atoms with Crippen LogP contribution in [0.2, 0.25) is 0 Å². The molecule has 0 spiro atoms. The third-order valence-electron chi connectivity index (χ3n) is 5.41. The highest BCUT2D eigenvalue weighted by atomic mass is 16.2. The lowest BCUT2D eigenvalue weighted by atomic mass is 9.74. The number of carbonyl (C=O) groups excluding carboxylic acids is 1. The first-order valence-electron chi connectivity index (χ1n) is 7.57. The highest BCUT2D eigenvalue weighted by Gasteiger charge is 2.45. The fraction of sp³-hybridized carbons (Fsp3) is 0.800. The number of amides is 1. The van der Waals surface area contributed by atoms with E-state index in [4.69, 9.17) is 0 Å². The van der Waals surface area contributed by atoms with E-state index in [2.05, 4.69) is 15.9 Å². The summed E-state index contributed by atoms with van der Waals surface area (Å²) < 4.78 is 0. The number of allylic oxidation sites excluding steroid dienone is 1. The molecule has 3 fully saturated rings. The van der Waals surface area contributed by atoms with Crippen molar-refractivity contribution in [3.05, 3.63) is 11.8 Å². The van der Waals surface area contributed by atoms with Crippen molar-refractivity contribution in [3.63, 3.8) is 0 Å². The van der Waals surface area contributed by atoms with Gasteiger partial charge in [0.15, 0.2) is 0 Å². The van der Waals surface area contributed by atoms with Gasteiger partial charge in [-0.3, -0.25) is 9.69 Å². The minimum absolute atomic E-state index is 0.381. The number of fused-ring (bicyclic) bond motifs is 6. The third-order valence-corrected chi connectivity index (χ3v) is 5.41. The average Bonchev–Trinajstić information content (AvgIpc) is 2.40. The van der Waals surface area contributed by atoms with Gasteiger partial charge in [0.2, 0.25) is 5.91 Å². The summed E-state index contributed by atoms with van der Waals surface area (Å²) in [7, 11) is 0. The maximum Gasteiger partial charge on any atom is 0.227 e. The van der Waals surface area contributed by atoms with Crippen LogP contribution >= 0.6 is 0 Å². The van der Waals surface area contributed by atoms with E-state index in [1.165, 1.54) is 44.5 Å². The first-order chi connectivity index (χ1) is 8.83. The Balaban J connectivity index is 1.65. The molecule has 0 aliphatic carbocycles. The maximum absolute atomic E-state index is 12.1. The van der Waals surface area contributed by atoms with E-state index in [0.717, 1.165) is 31.3 Å². The zero-order chi connectivity index (χ0) is 12.1. The molecular formula is C15H22N2O. The van der Waals surface area contributed by atoms with E-state index in [1.54, 1.807) is 0 Å². The Morgan fingerprint density at radius 1 is 1.22 bits per heavy atom. The largest absolute Gasteiger partial charge is 0.316 e. The molecular weight excluding hydrogens is 224 g/mol. The molecule has 0 aromatic rings. The molecule has 0 aromatic carbocycles. The van der Waals surface area contributed by atoms with E-state index < -0.39 is 0 Å². The Bertz CT molecular complexity index is 403. The van der Waals surface area contributed by atoms with Gasteiger partial charge < -0.3 is 4.90 Å². The van der Waals surface area contributed by atoms with E-state index >= 15 is 0 Å².